The number of nitrogens with zero attached hydrogens (tertiary/aromatic N) is 1. The van der Waals surface area contributed by atoms with Gasteiger partial charge >= 0.3 is 5.97 Å². The molecule has 0 saturated carbocycles. The molecular weight excluding hydrogens is 454 g/mol. The van der Waals surface area contributed by atoms with E-state index in [0.29, 0.717) is 22.7 Å². The normalized spacial score (nSPS) is 12.1. The second-order valence-electron chi connectivity index (χ2n) is 7.52. The molecule has 0 fully saturated rings. The first kappa shape index (κ1) is 23.6. The Morgan fingerprint density at radius 3 is 2.46 bits per heavy atom. The molecular formula is C27H20F2N2O4. The third kappa shape index (κ3) is 5.33. The molecule has 0 saturated heterocycles. The molecule has 8 heteroatoms. The van der Waals surface area contributed by atoms with Crippen LogP contribution >= 0.6 is 0 Å². The van der Waals surface area contributed by atoms with E-state index in [2.05, 4.69) is 9.97 Å². The number of carbonyl (C=O) groups is 2. The molecule has 0 amide bonds. The van der Waals surface area contributed by atoms with Gasteiger partial charge in [0.1, 0.15) is 28.8 Å². The number of nitrogens with one attached hydrogen (secondary N) is 1. The van der Waals surface area contributed by atoms with Crippen LogP contribution in [0.3, 0.4) is 0 Å². The number of ketones is 1. The number of aromatic amines is 1. The molecule has 1 aromatic heterocycles. The first-order valence-corrected chi connectivity index (χ1v) is 10.7. The first-order valence-electron chi connectivity index (χ1n) is 10.7. The van der Waals surface area contributed by atoms with Gasteiger partial charge in [-0.25, -0.2) is 18.6 Å². The van der Waals surface area contributed by atoms with Gasteiger partial charge in [-0.1, -0.05) is 30.3 Å². The topological polar surface area (TPSA) is 92.3 Å². The molecule has 0 spiro atoms. The number of halogens is 2. The van der Waals surface area contributed by atoms with Crippen LogP contribution in [-0.4, -0.2) is 33.4 Å². The van der Waals surface area contributed by atoms with E-state index in [1.807, 2.05) is 0 Å². The zero-order chi connectivity index (χ0) is 24.9. The number of aromatic nitrogens is 2. The van der Waals surface area contributed by atoms with Crippen molar-refractivity contribution in [2.45, 2.75) is 6.92 Å². The molecule has 0 aliphatic heterocycles. The number of carbonyl (C=O) groups excluding carboxylic acids is 2. The average molecular weight is 474 g/mol. The van der Waals surface area contributed by atoms with Crippen LogP contribution in [-0.2, 0) is 9.53 Å². The van der Waals surface area contributed by atoms with Gasteiger partial charge < -0.3 is 14.8 Å². The van der Waals surface area contributed by atoms with E-state index in [1.54, 1.807) is 43.3 Å². The standard InChI is InChI=1S/C27H20F2N2O4/c1-2-35-23(32)11-10-16-6-5-7-17(12-16)25(33)24(26(34)18-13-19(28)15-20(29)14-18)27-30-21-8-3-4-9-22(21)31-27/h3-15,34H,2H2,1H3,(H,30,31)/b11-10+,26-24-. The molecule has 0 aliphatic carbocycles. The lowest BCUT2D eigenvalue weighted by molar-refractivity contribution is -0.137. The Kier molecular flexibility index (Phi) is 6.82. The number of aliphatic hydroxyl groups excluding tert-OH is 1. The summed E-state index contributed by atoms with van der Waals surface area (Å²) in [5, 5.41) is 11.0. The fourth-order valence-electron chi connectivity index (χ4n) is 3.52. The van der Waals surface area contributed by atoms with Gasteiger partial charge in [0, 0.05) is 23.3 Å². The molecule has 0 atom stereocenters. The van der Waals surface area contributed by atoms with E-state index in [0.717, 1.165) is 12.1 Å². The summed E-state index contributed by atoms with van der Waals surface area (Å²) in [6, 6.07) is 15.8. The number of aliphatic hydroxyl groups is 1. The maximum atomic E-state index is 13.9. The third-order valence-electron chi connectivity index (χ3n) is 5.07. The van der Waals surface area contributed by atoms with Gasteiger partial charge in [-0.2, -0.15) is 0 Å². The summed E-state index contributed by atoms with van der Waals surface area (Å²) >= 11 is 0. The number of ether oxygens (including phenoxy) is 1. The molecule has 4 rings (SSSR count). The van der Waals surface area contributed by atoms with Crippen LogP contribution in [0.4, 0.5) is 8.78 Å². The SMILES string of the molecule is CCOC(=O)/C=C/c1cccc(C(=O)/C(=C(/O)c2cc(F)cc(F)c2)c2nc3ccccc3[nH]2)c1. The Bertz CT molecular complexity index is 1430. The van der Waals surface area contributed by atoms with Gasteiger partial charge in [-0.15, -0.1) is 0 Å². The second-order valence-corrected chi connectivity index (χ2v) is 7.52. The Morgan fingerprint density at radius 1 is 1.00 bits per heavy atom. The molecule has 0 radical (unpaired) electrons. The summed E-state index contributed by atoms with van der Waals surface area (Å²) in [6.45, 7) is 1.92. The quantitative estimate of drug-likeness (QED) is 0.155. The van der Waals surface area contributed by atoms with Crippen LogP contribution in [0.2, 0.25) is 0 Å². The number of allylic oxidation sites excluding steroid dienone is 1. The zero-order valence-electron chi connectivity index (χ0n) is 18.6. The van der Waals surface area contributed by atoms with Gasteiger partial charge in [-0.05, 0) is 48.9 Å². The monoisotopic (exact) mass is 474 g/mol. The molecule has 0 unspecified atom stereocenters. The van der Waals surface area contributed by atoms with E-state index in [-0.39, 0.29) is 29.1 Å². The number of para-hydroxylation sites is 2. The predicted molar refractivity (Wildman–Crippen MR) is 128 cm³/mol. The number of benzene rings is 3. The summed E-state index contributed by atoms with van der Waals surface area (Å²) in [6.07, 6.45) is 2.72. The predicted octanol–water partition coefficient (Wildman–Crippen LogP) is 5.73. The molecule has 0 aliphatic rings. The summed E-state index contributed by atoms with van der Waals surface area (Å²) < 4.78 is 32.6. The summed E-state index contributed by atoms with van der Waals surface area (Å²) in [5.74, 6) is -3.59. The number of esters is 1. The van der Waals surface area contributed by atoms with Crippen LogP contribution < -0.4 is 0 Å². The average Bonchev–Trinajstić information content (AvgIpc) is 3.26. The van der Waals surface area contributed by atoms with E-state index in [1.165, 1.54) is 24.3 Å². The van der Waals surface area contributed by atoms with Crippen molar-refractivity contribution in [1.82, 2.24) is 9.97 Å². The fraction of sp³-hybridized carbons (Fsp3) is 0.0741. The van der Waals surface area contributed by atoms with Crippen molar-refractivity contribution in [2.75, 3.05) is 6.61 Å². The van der Waals surface area contributed by atoms with Crippen LogP contribution in [0.5, 0.6) is 0 Å². The molecule has 2 N–H and O–H groups in total. The lowest BCUT2D eigenvalue weighted by atomic mass is 9.97. The zero-order valence-corrected chi connectivity index (χ0v) is 18.6. The van der Waals surface area contributed by atoms with Gasteiger partial charge in [0.15, 0.2) is 0 Å². The van der Waals surface area contributed by atoms with Crippen molar-refractivity contribution in [1.29, 1.82) is 0 Å². The Balaban J connectivity index is 1.83. The van der Waals surface area contributed by atoms with Crippen LogP contribution in [0.25, 0.3) is 28.4 Å². The molecule has 0 bridgehead atoms. The summed E-state index contributed by atoms with van der Waals surface area (Å²) in [5.41, 5.74) is 1.36. The first-order chi connectivity index (χ1) is 16.9. The van der Waals surface area contributed by atoms with Gasteiger partial charge in [0.2, 0.25) is 5.78 Å². The van der Waals surface area contributed by atoms with Gasteiger partial charge in [0.25, 0.3) is 0 Å². The molecule has 4 aromatic rings. The summed E-state index contributed by atoms with van der Waals surface area (Å²) in [4.78, 5) is 32.6. The fourth-order valence-corrected chi connectivity index (χ4v) is 3.52. The Labute approximate surface area is 199 Å². The highest BCUT2D eigenvalue weighted by Crippen LogP contribution is 2.29. The highest BCUT2D eigenvalue weighted by Gasteiger charge is 2.24. The van der Waals surface area contributed by atoms with Crippen molar-refractivity contribution in [3.63, 3.8) is 0 Å². The second kappa shape index (κ2) is 10.1. The van der Waals surface area contributed by atoms with Gasteiger partial charge in [-0.3, -0.25) is 4.79 Å². The largest absolute Gasteiger partial charge is 0.506 e. The molecule has 35 heavy (non-hydrogen) atoms. The number of imidazole rings is 1. The van der Waals surface area contributed by atoms with Crippen molar-refractivity contribution >= 4 is 40.2 Å². The molecule has 176 valence electrons. The number of hydrogen-bond donors (Lipinski definition) is 2. The highest BCUT2D eigenvalue weighted by atomic mass is 19.1. The van der Waals surface area contributed by atoms with Crippen molar-refractivity contribution in [3.8, 4) is 0 Å². The number of hydrogen-bond acceptors (Lipinski definition) is 5. The number of fused-ring (bicyclic) bond motifs is 1. The molecule has 6 nitrogen and oxygen atoms in total. The van der Waals surface area contributed by atoms with Crippen molar-refractivity contribution in [3.05, 3.63) is 107 Å². The van der Waals surface area contributed by atoms with E-state index >= 15 is 0 Å². The Morgan fingerprint density at radius 2 is 1.74 bits per heavy atom. The van der Waals surface area contributed by atoms with E-state index in [4.69, 9.17) is 4.74 Å². The Hall–Kier alpha value is -4.59. The third-order valence-corrected chi connectivity index (χ3v) is 5.07. The van der Waals surface area contributed by atoms with Gasteiger partial charge in [0.05, 0.1) is 17.6 Å². The number of Topliss-reactive ketones (excluding diaryl/α,β-unsaturated/α-hetero) is 1. The minimum absolute atomic E-state index is 0.0332. The maximum Gasteiger partial charge on any atom is 0.330 e. The van der Waals surface area contributed by atoms with Crippen molar-refractivity contribution < 1.29 is 28.2 Å². The smallest absolute Gasteiger partial charge is 0.330 e. The van der Waals surface area contributed by atoms with E-state index in [9.17, 15) is 23.5 Å². The molecule has 1 heterocycles. The number of rotatable bonds is 7. The maximum absolute atomic E-state index is 13.9. The van der Waals surface area contributed by atoms with Crippen LogP contribution in [0.1, 0.15) is 34.2 Å². The van der Waals surface area contributed by atoms with Crippen LogP contribution in [0.15, 0.2) is 72.8 Å². The van der Waals surface area contributed by atoms with E-state index < -0.39 is 29.1 Å². The minimum atomic E-state index is -0.908. The summed E-state index contributed by atoms with van der Waals surface area (Å²) in [7, 11) is 0. The minimum Gasteiger partial charge on any atom is -0.506 e. The lowest BCUT2D eigenvalue weighted by Gasteiger charge is -2.10. The highest BCUT2D eigenvalue weighted by molar-refractivity contribution is 6.33. The lowest BCUT2D eigenvalue weighted by Crippen LogP contribution is -2.08. The van der Waals surface area contributed by atoms with Crippen molar-refractivity contribution in [2.24, 2.45) is 0 Å². The number of H-pyrrole nitrogens is 1. The van der Waals surface area contributed by atoms with Crippen LogP contribution in [0, 0.1) is 11.6 Å². The molecule has 3 aromatic carbocycles.